The zero-order chi connectivity index (χ0) is 11.9. The number of hydrogen-bond acceptors (Lipinski definition) is 2. The fraction of sp³-hybridized carbons (Fsp3) is 0.857. The van der Waals surface area contributed by atoms with Crippen LogP contribution in [0.4, 0.5) is 0 Å². The summed E-state index contributed by atoms with van der Waals surface area (Å²) in [6.45, 7) is 9.33. The molecule has 1 rings (SSSR count). The highest BCUT2D eigenvalue weighted by Crippen LogP contribution is 2.20. The maximum atomic E-state index is 5.26. The van der Waals surface area contributed by atoms with Crippen LogP contribution in [0.3, 0.4) is 0 Å². The second-order valence-corrected chi connectivity index (χ2v) is 4.85. The Morgan fingerprint density at radius 3 is 2.69 bits per heavy atom. The van der Waals surface area contributed by atoms with E-state index in [0.717, 1.165) is 13.0 Å². The van der Waals surface area contributed by atoms with Gasteiger partial charge in [-0.25, -0.2) is 0 Å². The predicted octanol–water partition coefficient (Wildman–Crippen LogP) is 2.25. The van der Waals surface area contributed by atoms with Crippen molar-refractivity contribution in [2.45, 2.75) is 51.5 Å². The third kappa shape index (κ3) is 3.81. The SMILES string of the molecule is C#CCCCCN1CCNC(CC)(CC)C1. The van der Waals surface area contributed by atoms with Crippen molar-refractivity contribution in [1.29, 1.82) is 0 Å². The number of unbranched alkanes of at least 4 members (excludes halogenated alkanes) is 2. The quantitative estimate of drug-likeness (QED) is 0.548. The standard InChI is InChI=1S/C14H26N2/c1-4-7-8-9-11-16-12-10-15-14(5-2,6-3)13-16/h1,15H,5-13H2,2-3H3. The Kier molecular flexibility index (Phi) is 5.87. The highest BCUT2D eigenvalue weighted by molar-refractivity contribution is 4.92. The van der Waals surface area contributed by atoms with Gasteiger partial charge in [-0.1, -0.05) is 13.8 Å². The second kappa shape index (κ2) is 6.93. The van der Waals surface area contributed by atoms with Crippen LogP contribution in [0.15, 0.2) is 0 Å². The molecule has 0 aromatic carbocycles. The third-order valence-corrected chi connectivity index (χ3v) is 3.85. The van der Waals surface area contributed by atoms with Crippen LogP contribution < -0.4 is 5.32 Å². The van der Waals surface area contributed by atoms with Gasteiger partial charge in [-0.2, -0.15) is 0 Å². The van der Waals surface area contributed by atoms with E-state index in [2.05, 4.69) is 30.0 Å². The van der Waals surface area contributed by atoms with Crippen LogP contribution in [0.2, 0.25) is 0 Å². The zero-order valence-corrected chi connectivity index (χ0v) is 10.9. The second-order valence-electron chi connectivity index (χ2n) is 4.85. The van der Waals surface area contributed by atoms with E-state index >= 15 is 0 Å². The van der Waals surface area contributed by atoms with Gasteiger partial charge in [0.2, 0.25) is 0 Å². The number of piperazine rings is 1. The summed E-state index contributed by atoms with van der Waals surface area (Å²) in [6, 6.07) is 0. The Hall–Kier alpha value is -0.520. The van der Waals surface area contributed by atoms with Crippen LogP contribution in [-0.4, -0.2) is 36.6 Å². The van der Waals surface area contributed by atoms with Gasteiger partial charge in [0, 0.05) is 31.6 Å². The van der Waals surface area contributed by atoms with Crippen molar-refractivity contribution in [3.63, 3.8) is 0 Å². The number of hydrogen-bond donors (Lipinski definition) is 1. The van der Waals surface area contributed by atoms with E-state index in [1.165, 1.54) is 45.3 Å². The van der Waals surface area contributed by atoms with E-state index in [-0.39, 0.29) is 0 Å². The number of nitrogens with zero attached hydrogens (tertiary/aromatic N) is 1. The van der Waals surface area contributed by atoms with Crippen LogP contribution in [-0.2, 0) is 0 Å². The van der Waals surface area contributed by atoms with Crippen LogP contribution in [0, 0.1) is 12.3 Å². The lowest BCUT2D eigenvalue weighted by Gasteiger charge is -2.43. The molecule has 0 aromatic heterocycles. The molecule has 16 heavy (non-hydrogen) atoms. The Morgan fingerprint density at radius 1 is 1.31 bits per heavy atom. The first kappa shape index (κ1) is 13.5. The predicted molar refractivity (Wildman–Crippen MR) is 70.4 cm³/mol. The van der Waals surface area contributed by atoms with Gasteiger partial charge < -0.3 is 10.2 Å². The first-order chi connectivity index (χ1) is 7.76. The summed E-state index contributed by atoms with van der Waals surface area (Å²) in [5, 5.41) is 3.69. The molecule has 0 amide bonds. The highest BCUT2D eigenvalue weighted by Gasteiger charge is 2.31. The number of terminal acetylenes is 1. The monoisotopic (exact) mass is 222 g/mol. The van der Waals surface area contributed by atoms with Crippen LogP contribution in [0.1, 0.15) is 46.0 Å². The van der Waals surface area contributed by atoms with E-state index in [0.29, 0.717) is 5.54 Å². The summed E-state index contributed by atoms with van der Waals surface area (Å²) in [5.41, 5.74) is 0.365. The number of rotatable bonds is 6. The molecule has 0 spiro atoms. The Labute approximate surface area is 101 Å². The summed E-state index contributed by atoms with van der Waals surface area (Å²) >= 11 is 0. The molecular weight excluding hydrogens is 196 g/mol. The van der Waals surface area contributed by atoms with Crippen molar-refractivity contribution in [2.24, 2.45) is 0 Å². The minimum atomic E-state index is 0.365. The largest absolute Gasteiger partial charge is 0.309 e. The van der Waals surface area contributed by atoms with Gasteiger partial charge in [-0.15, -0.1) is 12.3 Å². The molecule has 0 atom stereocenters. The molecule has 1 fully saturated rings. The molecule has 0 bridgehead atoms. The lowest BCUT2D eigenvalue weighted by atomic mass is 9.90. The van der Waals surface area contributed by atoms with Gasteiger partial charge in [-0.3, -0.25) is 0 Å². The summed E-state index contributed by atoms with van der Waals surface area (Å²) < 4.78 is 0. The van der Waals surface area contributed by atoms with Gasteiger partial charge in [0.15, 0.2) is 0 Å². The van der Waals surface area contributed by atoms with Gasteiger partial charge in [0.1, 0.15) is 0 Å². The summed E-state index contributed by atoms with van der Waals surface area (Å²) in [6.07, 6.45) is 11.1. The molecule has 0 unspecified atom stereocenters. The third-order valence-electron chi connectivity index (χ3n) is 3.85. The molecule has 0 aromatic rings. The molecule has 92 valence electrons. The van der Waals surface area contributed by atoms with Crippen molar-refractivity contribution < 1.29 is 0 Å². The Morgan fingerprint density at radius 2 is 2.06 bits per heavy atom. The van der Waals surface area contributed by atoms with Gasteiger partial charge >= 0.3 is 0 Å². The average Bonchev–Trinajstić information content (AvgIpc) is 2.35. The van der Waals surface area contributed by atoms with Crippen molar-refractivity contribution >= 4 is 0 Å². The minimum absolute atomic E-state index is 0.365. The fourth-order valence-electron chi connectivity index (χ4n) is 2.52. The maximum absolute atomic E-state index is 5.26. The molecule has 1 aliphatic heterocycles. The Balaban J connectivity index is 2.30. The lowest BCUT2D eigenvalue weighted by Crippen LogP contribution is -2.59. The van der Waals surface area contributed by atoms with Crippen LogP contribution in [0.25, 0.3) is 0 Å². The highest BCUT2D eigenvalue weighted by atomic mass is 15.2. The van der Waals surface area contributed by atoms with Crippen molar-refractivity contribution in [3.8, 4) is 12.3 Å². The topological polar surface area (TPSA) is 15.3 Å². The molecule has 2 nitrogen and oxygen atoms in total. The number of nitrogens with one attached hydrogen (secondary N) is 1. The average molecular weight is 222 g/mol. The molecule has 0 radical (unpaired) electrons. The zero-order valence-electron chi connectivity index (χ0n) is 10.9. The summed E-state index contributed by atoms with van der Waals surface area (Å²) in [7, 11) is 0. The van der Waals surface area contributed by atoms with Crippen molar-refractivity contribution in [3.05, 3.63) is 0 Å². The van der Waals surface area contributed by atoms with E-state index in [1.54, 1.807) is 0 Å². The molecule has 0 aliphatic carbocycles. The van der Waals surface area contributed by atoms with E-state index in [1.807, 2.05) is 0 Å². The van der Waals surface area contributed by atoms with E-state index in [9.17, 15) is 0 Å². The lowest BCUT2D eigenvalue weighted by molar-refractivity contribution is 0.122. The minimum Gasteiger partial charge on any atom is -0.309 e. The van der Waals surface area contributed by atoms with Gasteiger partial charge in [0.05, 0.1) is 0 Å². The molecule has 1 saturated heterocycles. The normalized spacial score (nSPS) is 20.6. The van der Waals surface area contributed by atoms with Gasteiger partial charge in [-0.05, 0) is 32.2 Å². The van der Waals surface area contributed by atoms with Gasteiger partial charge in [0.25, 0.3) is 0 Å². The fourth-order valence-corrected chi connectivity index (χ4v) is 2.52. The Bertz CT molecular complexity index is 225. The van der Waals surface area contributed by atoms with E-state index < -0.39 is 0 Å². The molecule has 1 aliphatic rings. The van der Waals surface area contributed by atoms with Crippen molar-refractivity contribution in [1.82, 2.24) is 10.2 Å². The molecule has 1 N–H and O–H groups in total. The first-order valence-corrected chi connectivity index (χ1v) is 6.67. The molecule has 2 heteroatoms. The van der Waals surface area contributed by atoms with Crippen molar-refractivity contribution in [2.75, 3.05) is 26.2 Å². The van der Waals surface area contributed by atoms with Crippen LogP contribution in [0.5, 0.6) is 0 Å². The molecule has 1 heterocycles. The smallest absolute Gasteiger partial charge is 0.0304 e. The summed E-state index contributed by atoms with van der Waals surface area (Å²) in [4.78, 5) is 2.60. The van der Waals surface area contributed by atoms with E-state index in [4.69, 9.17) is 6.42 Å². The molecule has 0 saturated carbocycles. The summed E-state index contributed by atoms with van der Waals surface area (Å²) in [5.74, 6) is 2.71. The molecular formula is C14H26N2. The maximum Gasteiger partial charge on any atom is 0.0304 e. The van der Waals surface area contributed by atoms with Crippen LogP contribution >= 0.6 is 0 Å². The first-order valence-electron chi connectivity index (χ1n) is 6.67.